The lowest BCUT2D eigenvalue weighted by molar-refractivity contribution is -0.138. The Morgan fingerprint density at radius 3 is 2.29 bits per heavy atom. The first kappa shape index (κ1) is 22.1. The molecule has 1 aromatic carbocycles. The van der Waals surface area contributed by atoms with Gasteiger partial charge in [-0.05, 0) is 31.0 Å². The average molecular weight is 469 g/mol. The average Bonchev–Trinajstić information content (AvgIpc) is 3.11. The van der Waals surface area contributed by atoms with Crippen LogP contribution in [0.25, 0.3) is 11.4 Å². The quantitative estimate of drug-likeness (QED) is 0.574. The number of anilines is 1. The highest BCUT2D eigenvalue weighted by Crippen LogP contribution is 2.44. The highest BCUT2D eigenvalue weighted by Gasteiger charge is 2.45. The number of methoxy groups -OCH3 is 1. The van der Waals surface area contributed by atoms with E-state index in [1.165, 1.54) is 7.11 Å². The summed E-state index contributed by atoms with van der Waals surface area (Å²) in [5, 5.41) is 0. The lowest BCUT2D eigenvalue weighted by Gasteiger charge is -2.42. The molecule has 0 radical (unpaired) electrons. The first-order valence-corrected chi connectivity index (χ1v) is 10.9. The molecule has 176 valence electrons. The molecule has 5 rings (SSSR count). The Labute approximate surface area is 194 Å². The molecule has 2 fully saturated rings. The molecule has 34 heavy (non-hydrogen) atoms. The molecule has 2 aliphatic rings. The van der Waals surface area contributed by atoms with E-state index in [1.807, 2.05) is 17.0 Å². The lowest BCUT2D eigenvalue weighted by atomic mass is 10.0. The number of amides is 1. The van der Waals surface area contributed by atoms with Crippen LogP contribution < -0.4 is 9.64 Å². The summed E-state index contributed by atoms with van der Waals surface area (Å²) in [4.78, 5) is 30.0. The van der Waals surface area contributed by atoms with Crippen LogP contribution in [0, 0.1) is 0 Å². The Morgan fingerprint density at radius 1 is 0.971 bits per heavy atom. The summed E-state index contributed by atoms with van der Waals surface area (Å²) in [6.07, 6.45) is 1.35. The smallest absolute Gasteiger partial charge is 0.420 e. The van der Waals surface area contributed by atoms with Gasteiger partial charge >= 0.3 is 6.18 Å². The number of piperazine rings is 1. The lowest BCUT2D eigenvalue weighted by Crippen LogP contribution is -2.56. The molecule has 0 saturated carbocycles. The predicted octanol–water partition coefficient (Wildman–Crippen LogP) is 4.06. The van der Waals surface area contributed by atoms with Crippen molar-refractivity contribution in [2.24, 2.45) is 0 Å². The van der Waals surface area contributed by atoms with Gasteiger partial charge in [0, 0.05) is 49.3 Å². The number of halogens is 3. The minimum atomic E-state index is -4.55. The van der Waals surface area contributed by atoms with Gasteiger partial charge in [0.25, 0.3) is 5.91 Å². The maximum atomic E-state index is 13.5. The molecule has 2 atom stereocenters. The van der Waals surface area contributed by atoms with E-state index in [4.69, 9.17) is 4.74 Å². The fraction of sp³-hybridized carbons (Fsp3) is 0.333. The predicted molar refractivity (Wildman–Crippen MR) is 118 cm³/mol. The number of hydrogen-bond donors (Lipinski definition) is 0. The summed E-state index contributed by atoms with van der Waals surface area (Å²) in [6.45, 7) is 0.751. The van der Waals surface area contributed by atoms with E-state index in [9.17, 15) is 18.0 Å². The summed E-state index contributed by atoms with van der Waals surface area (Å²) in [5.41, 5.74) is 0.287. The summed E-state index contributed by atoms with van der Waals surface area (Å²) < 4.78 is 45.8. The molecule has 2 aromatic heterocycles. The van der Waals surface area contributed by atoms with Crippen LogP contribution in [-0.4, -0.2) is 58.0 Å². The molecule has 1 amide bonds. The molecule has 3 aromatic rings. The van der Waals surface area contributed by atoms with Crippen LogP contribution in [-0.2, 0) is 6.18 Å². The maximum Gasteiger partial charge on any atom is 0.420 e. The number of carbonyl (C=O) groups excluding carboxylic acids is 1. The summed E-state index contributed by atoms with van der Waals surface area (Å²) in [7, 11) is 1.22. The molecular weight excluding hydrogens is 447 g/mol. The largest absolute Gasteiger partial charge is 0.492 e. The minimum absolute atomic E-state index is 0.149. The Kier molecular flexibility index (Phi) is 5.59. The van der Waals surface area contributed by atoms with E-state index in [1.54, 1.807) is 35.5 Å². The Bertz CT molecular complexity index is 1190. The van der Waals surface area contributed by atoms with Crippen LogP contribution in [0.15, 0.2) is 55.0 Å². The molecule has 0 spiro atoms. The van der Waals surface area contributed by atoms with E-state index < -0.39 is 11.7 Å². The van der Waals surface area contributed by atoms with Crippen LogP contribution in [0.1, 0.15) is 28.8 Å². The van der Waals surface area contributed by atoms with Crippen molar-refractivity contribution in [3.8, 4) is 17.1 Å². The third-order valence-electron chi connectivity index (χ3n) is 6.37. The third kappa shape index (κ3) is 3.82. The van der Waals surface area contributed by atoms with Crippen molar-refractivity contribution in [3.63, 3.8) is 0 Å². The minimum Gasteiger partial charge on any atom is -0.492 e. The fourth-order valence-electron chi connectivity index (χ4n) is 4.93. The van der Waals surface area contributed by atoms with Crippen LogP contribution >= 0.6 is 0 Å². The Hall–Kier alpha value is -3.69. The molecule has 10 heteroatoms. The van der Waals surface area contributed by atoms with Crippen LogP contribution in [0.4, 0.5) is 19.0 Å². The van der Waals surface area contributed by atoms with E-state index in [0.29, 0.717) is 30.0 Å². The van der Waals surface area contributed by atoms with Gasteiger partial charge < -0.3 is 14.5 Å². The summed E-state index contributed by atoms with van der Waals surface area (Å²) >= 11 is 0. The summed E-state index contributed by atoms with van der Waals surface area (Å²) in [5.74, 6) is 0.211. The standard InChI is InChI=1S/C24H22F3N5O2/c1-34-20-19(24(25,26)27)9-12-30-22(20)32-15-7-8-16(32)14-31(13-15)23(33)18-6-3-2-5-17(18)21-28-10-4-11-29-21/h2-6,9-12,15-16H,7-8,13-14H2,1H3. The number of pyridine rings is 1. The van der Waals surface area contributed by atoms with Crippen LogP contribution in [0.5, 0.6) is 5.75 Å². The normalized spacial score (nSPS) is 19.9. The number of rotatable bonds is 4. The van der Waals surface area contributed by atoms with Crippen molar-refractivity contribution < 1.29 is 22.7 Å². The molecule has 2 saturated heterocycles. The molecule has 4 heterocycles. The van der Waals surface area contributed by atoms with Crippen molar-refractivity contribution in [2.45, 2.75) is 31.1 Å². The highest BCUT2D eigenvalue weighted by atomic mass is 19.4. The van der Waals surface area contributed by atoms with Crippen molar-refractivity contribution in [1.29, 1.82) is 0 Å². The molecule has 0 N–H and O–H groups in total. The van der Waals surface area contributed by atoms with Gasteiger partial charge in [0.1, 0.15) is 5.56 Å². The van der Waals surface area contributed by atoms with Gasteiger partial charge in [-0.1, -0.05) is 18.2 Å². The van der Waals surface area contributed by atoms with E-state index in [0.717, 1.165) is 25.1 Å². The van der Waals surface area contributed by atoms with Crippen molar-refractivity contribution in [2.75, 3.05) is 25.1 Å². The topological polar surface area (TPSA) is 71.5 Å². The first-order valence-electron chi connectivity index (χ1n) is 10.9. The monoisotopic (exact) mass is 469 g/mol. The van der Waals surface area contributed by atoms with E-state index >= 15 is 0 Å². The molecule has 7 nitrogen and oxygen atoms in total. The fourth-order valence-corrected chi connectivity index (χ4v) is 4.93. The Morgan fingerprint density at radius 2 is 1.65 bits per heavy atom. The molecule has 2 unspecified atom stereocenters. The van der Waals surface area contributed by atoms with Gasteiger partial charge in [-0.15, -0.1) is 0 Å². The van der Waals surface area contributed by atoms with Gasteiger partial charge in [0.05, 0.1) is 12.7 Å². The SMILES string of the molecule is COc1c(C(F)(F)F)ccnc1N1C2CCC1CN(C(=O)c1ccccc1-c1ncccn1)C2. The number of likely N-dealkylation sites (tertiary alicyclic amines) is 1. The molecule has 2 bridgehead atoms. The number of benzene rings is 1. The highest BCUT2D eigenvalue weighted by molar-refractivity contribution is 6.00. The van der Waals surface area contributed by atoms with Gasteiger partial charge in [-0.3, -0.25) is 4.79 Å². The zero-order valence-electron chi connectivity index (χ0n) is 18.4. The van der Waals surface area contributed by atoms with Crippen LogP contribution in [0.2, 0.25) is 0 Å². The number of hydrogen-bond acceptors (Lipinski definition) is 6. The maximum absolute atomic E-state index is 13.5. The van der Waals surface area contributed by atoms with Gasteiger partial charge in [-0.2, -0.15) is 13.2 Å². The second-order valence-electron chi connectivity index (χ2n) is 8.33. The van der Waals surface area contributed by atoms with Gasteiger partial charge in [-0.25, -0.2) is 15.0 Å². The number of aromatic nitrogens is 3. The number of nitrogens with zero attached hydrogens (tertiary/aromatic N) is 5. The van der Waals surface area contributed by atoms with E-state index in [2.05, 4.69) is 15.0 Å². The second-order valence-corrected chi connectivity index (χ2v) is 8.33. The zero-order valence-corrected chi connectivity index (χ0v) is 18.4. The van der Waals surface area contributed by atoms with Crippen LogP contribution in [0.3, 0.4) is 0 Å². The molecular formula is C24H22F3N5O2. The molecule has 2 aliphatic heterocycles. The van der Waals surface area contributed by atoms with Crippen molar-refractivity contribution in [1.82, 2.24) is 19.9 Å². The first-order chi connectivity index (χ1) is 16.4. The number of fused-ring (bicyclic) bond motifs is 2. The second kappa shape index (κ2) is 8.58. The Balaban J connectivity index is 1.44. The number of alkyl halides is 3. The number of ether oxygens (including phenoxy) is 1. The van der Waals surface area contributed by atoms with Crippen molar-refractivity contribution >= 4 is 11.7 Å². The van der Waals surface area contributed by atoms with Gasteiger partial charge in [0.2, 0.25) is 0 Å². The number of carbonyl (C=O) groups is 1. The molecule has 0 aliphatic carbocycles. The van der Waals surface area contributed by atoms with Crippen molar-refractivity contribution in [3.05, 3.63) is 66.1 Å². The van der Waals surface area contributed by atoms with E-state index in [-0.39, 0.29) is 29.6 Å². The zero-order chi connectivity index (χ0) is 23.9. The third-order valence-corrected chi connectivity index (χ3v) is 6.37. The van der Waals surface area contributed by atoms with Gasteiger partial charge in [0.15, 0.2) is 17.4 Å². The summed E-state index contributed by atoms with van der Waals surface area (Å²) in [6, 6.07) is 9.50.